The number of morpholine rings is 1. The van der Waals surface area contributed by atoms with Gasteiger partial charge in [0.1, 0.15) is 0 Å². The minimum atomic E-state index is -0.458. The van der Waals surface area contributed by atoms with Gasteiger partial charge in [-0.1, -0.05) is 12.1 Å². The lowest BCUT2D eigenvalue weighted by Crippen LogP contribution is -2.43. The molecule has 1 saturated heterocycles. The lowest BCUT2D eigenvalue weighted by Gasteiger charge is -2.30. The fraction of sp³-hybridized carbons (Fsp3) is 0.526. The Kier molecular flexibility index (Phi) is 6.63. The van der Waals surface area contributed by atoms with Gasteiger partial charge >= 0.3 is 5.76 Å². The van der Waals surface area contributed by atoms with Crippen molar-refractivity contribution in [2.75, 3.05) is 45.9 Å². The molecule has 0 aliphatic carbocycles. The fourth-order valence-corrected chi connectivity index (χ4v) is 3.22. The third-order valence-electron chi connectivity index (χ3n) is 4.76. The monoisotopic (exact) mass is 372 g/mol. The summed E-state index contributed by atoms with van der Waals surface area (Å²) in [5, 5.41) is 8.88. The van der Waals surface area contributed by atoms with Crippen LogP contribution in [-0.4, -0.2) is 66.2 Å². The summed E-state index contributed by atoms with van der Waals surface area (Å²) >= 11 is 0. The smallest absolute Gasteiger partial charge is 0.408 e. The van der Waals surface area contributed by atoms with Crippen LogP contribution in [0.5, 0.6) is 0 Å². The first kappa shape index (κ1) is 19.1. The van der Waals surface area contributed by atoms with E-state index in [1.165, 1.54) is 4.57 Å². The summed E-state index contributed by atoms with van der Waals surface area (Å²) in [6, 6.07) is 9.26. The number of ether oxygens (including phenoxy) is 1. The first-order valence-corrected chi connectivity index (χ1v) is 9.22. The molecule has 8 nitrogen and oxygen atoms in total. The summed E-state index contributed by atoms with van der Waals surface area (Å²) < 4.78 is 12.0. The number of para-hydroxylation sites is 2. The molecule has 1 fully saturated rings. The molecule has 0 saturated carbocycles. The van der Waals surface area contributed by atoms with Gasteiger partial charge in [0.15, 0.2) is 5.58 Å². The summed E-state index contributed by atoms with van der Waals surface area (Å²) in [5.74, 6) is -0.517. The van der Waals surface area contributed by atoms with Crippen LogP contribution in [0.2, 0.25) is 0 Å². The molecule has 0 bridgehead atoms. The lowest BCUT2D eigenvalue weighted by molar-refractivity contribution is -0.131. The van der Waals surface area contributed by atoms with Crippen molar-refractivity contribution in [2.24, 2.45) is 0 Å². The zero-order valence-electron chi connectivity index (χ0n) is 15.3. The van der Waals surface area contributed by atoms with E-state index in [2.05, 4.69) is 11.0 Å². The average Bonchev–Trinajstić information content (AvgIpc) is 3.02. The highest BCUT2D eigenvalue weighted by molar-refractivity contribution is 5.77. The van der Waals surface area contributed by atoms with Gasteiger partial charge in [0.05, 0.1) is 31.2 Å². The summed E-state index contributed by atoms with van der Waals surface area (Å²) in [7, 11) is 0. The molecular weight excluding hydrogens is 348 g/mol. The van der Waals surface area contributed by atoms with Gasteiger partial charge in [-0.3, -0.25) is 14.3 Å². The lowest BCUT2D eigenvalue weighted by atomic mass is 10.3. The molecule has 27 heavy (non-hydrogen) atoms. The Morgan fingerprint density at radius 2 is 1.96 bits per heavy atom. The maximum Gasteiger partial charge on any atom is 0.419 e. The zero-order chi connectivity index (χ0) is 19.1. The summed E-state index contributed by atoms with van der Waals surface area (Å²) in [6.45, 7) is 5.13. The number of amides is 1. The van der Waals surface area contributed by atoms with Crippen molar-refractivity contribution in [1.82, 2.24) is 14.4 Å². The summed E-state index contributed by atoms with van der Waals surface area (Å²) in [5.41, 5.74) is 1.20. The maximum atomic E-state index is 12.7. The molecule has 0 N–H and O–H groups in total. The molecule has 1 aromatic carbocycles. The number of fused-ring (bicyclic) bond motifs is 1. The SMILES string of the molecule is N#CCCN(CCN1CCOCC1)C(=O)CCn1c(=O)oc2ccccc21. The van der Waals surface area contributed by atoms with E-state index in [0.29, 0.717) is 43.8 Å². The molecule has 1 aliphatic heterocycles. The molecule has 2 heterocycles. The molecular formula is C19H24N4O4. The van der Waals surface area contributed by atoms with Gasteiger partial charge in [-0.15, -0.1) is 0 Å². The second-order valence-corrected chi connectivity index (χ2v) is 6.48. The van der Waals surface area contributed by atoms with E-state index >= 15 is 0 Å². The standard InChI is InChI=1S/C19H24N4O4/c20-7-3-8-22(11-10-21-12-14-26-15-13-21)18(24)6-9-23-16-4-1-2-5-17(16)27-19(23)25/h1-2,4-5H,3,6,8-15H2. The second-order valence-electron chi connectivity index (χ2n) is 6.48. The number of carbonyl (C=O) groups is 1. The normalized spacial score (nSPS) is 14.9. The number of nitriles is 1. The maximum absolute atomic E-state index is 12.7. The number of oxazole rings is 1. The van der Waals surface area contributed by atoms with Gasteiger partial charge in [0.2, 0.25) is 5.91 Å². The highest BCUT2D eigenvalue weighted by Crippen LogP contribution is 2.12. The Labute approximate surface area is 157 Å². The van der Waals surface area contributed by atoms with E-state index in [1.807, 2.05) is 6.07 Å². The molecule has 2 aromatic rings. The Hall–Kier alpha value is -2.63. The Morgan fingerprint density at radius 1 is 1.19 bits per heavy atom. The number of aromatic nitrogens is 1. The van der Waals surface area contributed by atoms with E-state index in [9.17, 15) is 9.59 Å². The van der Waals surface area contributed by atoms with Crippen LogP contribution in [0.15, 0.2) is 33.5 Å². The first-order chi connectivity index (χ1) is 13.2. The third kappa shape index (κ3) is 4.96. The van der Waals surface area contributed by atoms with Crippen molar-refractivity contribution in [3.63, 3.8) is 0 Å². The zero-order valence-corrected chi connectivity index (χ0v) is 15.3. The predicted octanol–water partition coefficient (Wildman–Crippen LogP) is 1.06. The van der Waals surface area contributed by atoms with E-state index in [0.717, 1.165) is 19.6 Å². The van der Waals surface area contributed by atoms with Crippen molar-refractivity contribution in [2.45, 2.75) is 19.4 Å². The van der Waals surface area contributed by atoms with Gasteiger partial charge < -0.3 is 14.1 Å². The van der Waals surface area contributed by atoms with Crippen LogP contribution in [0.4, 0.5) is 0 Å². The Morgan fingerprint density at radius 3 is 2.74 bits per heavy atom. The minimum Gasteiger partial charge on any atom is -0.408 e. The van der Waals surface area contributed by atoms with Crippen LogP contribution < -0.4 is 5.76 Å². The number of hydrogen-bond acceptors (Lipinski definition) is 6. The minimum absolute atomic E-state index is 0.0595. The third-order valence-corrected chi connectivity index (χ3v) is 4.76. The van der Waals surface area contributed by atoms with Crippen molar-refractivity contribution in [3.05, 3.63) is 34.8 Å². The van der Waals surface area contributed by atoms with Gasteiger partial charge in [-0.25, -0.2) is 4.79 Å². The number of nitrogens with zero attached hydrogens (tertiary/aromatic N) is 4. The van der Waals surface area contributed by atoms with E-state index < -0.39 is 5.76 Å². The predicted molar refractivity (Wildman–Crippen MR) is 99.2 cm³/mol. The van der Waals surface area contributed by atoms with Crippen LogP contribution in [0.3, 0.4) is 0 Å². The van der Waals surface area contributed by atoms with Crippen molar-refractivity contribution >= 4 is 17.0 Å². The molecule has 0 spiro atoms. The topological polar surface area (TPSA) is 91.7 Å². The number of benzene rings is 1. The van der Waals surface area contributed by atoms with Gasteiger partial charge in [-0.2, -0.15) is 5.26 Å². The van der Waals surface area contributed by atoms with E-state index in [1.54, 1.807) is 23.1 Å². The number of hydrogen-bond donors (Lipinski definition) is 0. The van der Waals surface area contributed by atoms with E-state index in [4.69, 9.17) is 14.4 Å². The van der Waals surface area contributed by atoms with Crippen molar-refractivity contribution in [3.8, 4) is 6.07 Å². The molecule has 1 aliphatic rings. The fourth-order valence-electron chi connectivity index (χ4n) is 3.22. The second kappa shape index (κ2) is 9.35. The van der Waals surface area contributed by atoms with E-state index in [-0.39, 0.29) is 18.9 Å². The molecule has 144 valence electrons. The largest absolute Gasteiger partial charge is 0.419 e. The first-order valence-electron chi connectivity index (χ1n) is 9.22. The summed E-state index contributed by atoms with van der Waals surface area (Å²) in [4.78, 5) is 28.7. The van der Waals surface area contributed by atoms with Gasteiger partial charge in [-0.05, 0) is 12.1 Å². The van der Waals surface area contributed by atoms with Crippen molar-refractivity contribution < 1.29 is 13.9 Å². The van der Waals surface area contributed by atoms with Crippen LogP contribution >= 0.6 is 0 Å². The van der Waals surface area contributed by atoms with Crippen LogP contribution in [0.1, 0.15) is 12.8 Å². The molecule has 1 aromatic heterocycles. The van der Waals surface area contributed by atoms with Gasteiger partial charge in [0, 0.05) is 45.7 Å². The quantitative estimate of drug-likeness (QED) is 0.688. The average molecular weight is 372 g/mol. The summed E-state index contributed by atoms with van der Waals surface area (Å²) in [6.07, 6.45) is 0.488. The van der Waals surface area contributed by atoms with Crippen LogP contribution in [0.25, 0.3) is 11.1 Å². The highest BCUT2D eigenvalue weighted by Gasteiger charge is 2.18. The Bertz CT molecular complexity index is 860. The van der Waals surface area contributed by atoms with Crippen molar-refractivity contribution in [1.29, 1.82) is 5.26 Å². The molecule has 0 unspecified atom stereocenters. The van der Waals surface area contributed by atoms with Crippen LogP contribution in [-0.2, 0) is 16.1 Å². The molecule has 3 rings (SSSR count). The molecule has 8 heteroatoms. The number of aryl methyl sites for hydroxylation is 1. The highest BCUT2D eigenvalue weighted by atomic mass is 16.5. The molecule has 0 radical (unpaired) electrons. The number of rotatable bonds is 8. The van der Waals surface area contributed by atoms with Gasteiger partial charge in [0.25, 0.3) is 0 Å². The Balaban J connectivity index is 1.60. The molecule has 0 atom stereocenters. The molecule has 1 amide bonds. The number of carbonyl (C=O) groups excluding carboxylic acids is 1. The van der Waals surface area contributed by atoms with Crippen LogP contribution in [0, 0.1) is 11.3 Å².